The van der Waals surface area contributed by atoms with Crippen LogP contribution in [0.25, 0.3) is 17.4 Å². The Morgan fingerprint density at radius 1 is 1.06 bits per heavy atom. The number of piperazine rings is 1. The van der Waals surface area contributed by atoms with E-state index >= 15 is 0 Å². The third kappa shape index (κ3) is 4.64. The monoisotopic (exact) mass is 433 g/mol. The van der Waals surface area contributed by atoms with E-state index < -0.39 is 4.92 Å². The molecule has 2 aromatic carbocycles. The Bertz CT molecular complexity index is 1130. The zero-order chi connectivity index (χ0) is 22.5. The van der Waals surface area contributed by atoms with Gasteiger partial charge in [0, 0.05) is 37.8 Å². The minimum absolute atomic E-state index is 0.00365. The molecule has 1 aliphatic heterocycles. The Morgan fingerprint density at radius 3 is 2.50 bits per heavy atom. The number of ether oxygens (including phenoxy) is 1. The van der Waals surface area contributed by atoms with E-state index in [9.17, 15) is 14.9 Å². The summed E-state index contributed by atoms with van der Waals surface area (Å²) in [5.41, 5.74) is 1.50. The van der Waals surface area contributed by atoms with Crippen LogP contribution in [0.1, 0.15) is 5.76 Å². The quantitative estimate of drug-likeness (QED) is 0.328. The van der Waals surface area contributed by atoms with Crippen LogP contribution in [0, 0.1) is 10.1 Å². The molecule has 0 atom stereocenters. The molecule has 8 heteroatoms. The molecule has 1 fully saturated rings. The summed E-state index contributed by atoms with van der Waals surface area (Å²) in [4.78, 5) is 27.3. The molecular formula is C24H23N3O5. The van der Waals surface area contributed by atoms with Gasteiger partial charge < -0.3 is 19.0 Å². The van der Waals surface area contributed by atoms with Gasteiger partial charge in [0.15, 0.2) is 0 Å². The topological polar surface area (TPSA) is 89.1 Å². The van der Waals surface area contributed by atoms with Crippen LogP contribution in [-0.4, -0.2) is 49.0 Å². The number of nitrogens with zero attached hydrogens (tertiary/aromatic N) is 3. The second-order valence-electron chi connectivity index (χ2n) is 7.33. The number of benzene rings is 2. The van der Waals surface area contributed by atoms with Crippen LogP contribution in [-0.2, 0) is 4.79 Å². The lowest BCUT2D eigenvalue weighted by Gasteiger charge is -2.35. The first-order chi connectivity index (χ1) is 15.5. The van der Waals surface area contributed by atoms with Crippen LogP contribution in [0.2, 0.25) is 0 Å². The molecule has 0 radical (unpaired) electrons. The van der Waals surface area contributed by atoms with Crippen LogP contribution >= 0.6 is 0 Å². The Kier molecular flexibility index (Phi) is 6.21. The fraction of sp³-hybridized carbons (Fsp3) is 0.208. The van der Waals surface area contributed by atoms with E-state index in [0.717, 1.165) is 11.3 Å². The molecule has 1 saturated heterocycles. The fourth-order valence-corrected chi connectivity index (χ4v) is 3.67. The average Bonchev–Trinajstić information content (AvgIpc) is 3.32. The van der Waals surface area contributed by atoms with Gasteiger partial charge in [0.25, 0.3) is 5.69 Å². The van der Waals surface area contributed by atoms with E-state index in [-0.39, 0.29) is 11.6 Å². The number of hydrogen-bond acceptors (Lipinski definition) is 6. The number of carbonyl (C=O) groups is 1. The van der Waals surface area contributed by atoms with Crippen molar-refractivity contribution in [3.63, 3.8) is 0 Å². The number of rotatable bonds is 6. The molecule has 8 nitrogen and oxygen atoms in total. The molecule has 32 heavy (non-hydrogen) atoms. The summed E-state index contributed by atoms with van der Waals surface area (Å²) in [5.74, 6) is 1.66. The maximum Gasteiger partial charge on any atom is 0.296 e. The van der Waals surface area contributed by atoms with Crippen LogP contribution in [0.3, 0.4) is 0 Å². The van der Waals surface area contributed by atoms with Crippen molar-refractivity contribution in [2.75, 3.05) is 38.2 Å². The van der Waals surface area contributed by atoms with Gasteiger partial charge in [0.2, 0.25) is 5.91 Å². The second-order valence-corrected chi connectivity index (χ2v) is 7.33. The van der Waals surface area contributed by atoms with Crippen molar-refractivity contribution in [3.8, 4) is 17.1 Å². The van der Waals surface area contributed by atoms with Gasteiger partial charge in [-0.1, -0.05) is 30.3 Å². The van der Waals surface area contributed by atoms with Crippen LogP contribution in [0.15, 0.2) is 71.2 Å². The largest absolute Gasteiger partial charge is 0.496 e. The molecule has 0 aliphatic carbocycles. The summed E-state index contributed by atoms with van der Waals surface area (Å²) in [5, 5.41) is 11.5. The molecule has 0 spiro atoms. The molecule has 0 bridgehead atoms. The number of carbonyl (C=O) groups excluding carboxylic acids is 1. The highest BCUT2D eigenvalue weighted by molar-refractivity contribution is 5.91. The molecule has 1 aliphatic rings. The van der Waals surface area contributed by atoms with E-state index in [4.69, 9.17) is 9.15 Å². The van der Waals surface area contributed by atoms with E-state index in [1.54, 1.807) is 23.1 Å². The molecule has 0 saturated carbocycles. The third-order valence-electron chi connectivity index (χ3n) is 5.39. The summed E-state index contributed by atoms with van der Waals surface area (Å²) < 4.78 is 10.9. The molecule has 164 valence electrons. The first-order valence-electron chi connectivity index (χ1n) is 10.2. The average molecular weight is 433 g/mol. The Hall–Kier alpha value is -4.07. The lowest BCUT2D eigenvalue weighted by Crippen LogP contribution is -2.48. The minimum atomic E-state index is -0.412. The van der Waals surface area contributed by atoms with Crippen molar-refractivity contribution < 1.29 is 18.9 Å². The SMILES string of the molecule is COc1ccc(N2CCN(C(=O)/C=C/c3ccc(-c4ccccc4)o3)CC2)c([N+](=O)[O-])c1. The van der Waals surface area contributed by atoms with Crippen molar-refractivity contribution in [1.82, 2.24) is 4.90 Å². The fourth-order valence-electron chi connectivity index (χ4n) is 3.67. The zero-order valence-electron chi connectivity index (χ0n) is 17.6. The Labute approximate surface area is 185 Å². The van der Waals surface area contributed by atoms with Gasteiger partial charge in [-0.3, -0.25) is 14.9 Å². The highest BCUT2D eigenvalue weighted by Gasteiger charge is 2.25. The molecule has 3 aromatic rings. The third-order valence-corrected chi connectivity index (χ3v) is 5.39. The maximum absolute atomic E-state index is 12.6. The summed E-state index contributed by atoms with van der Waals surface area (Å²) in [7, 11) is 1.47. The van der Waals surface area contributed by atoms with Crippen molar-refractivity contribution in [1.29, 1.82) is 0 Å². The Balaban J connectivity index is 1.37. The van der Waals surface area contributed by atoms with Crippen molar-refractivity contribution >= 4 is 23.4 Å². The summed E-state index contributed by atoms with van der Waals surface area (Å²) >= 11 is 0. The maximum atomic E-state index is 12.6. The van der Waals surface area contributed by atoms with Gasteiger partial charge in [-0.2, -0.15) is 0 Å². The second kappa shape index (κ2) is 9.38. The van der Waals surface area contributed by atoms with Crippen molar-refractivity contribution in [2.45, 2.75) is 0 Å². The van der Waals surface area contributed by atoms with Gasteiger partial charge >= 0.3 is 0 Å². The van der Waals surface area contributed by atoms with Gasteiger partial charge in [-0.25, -0.2) is 0 Å². The first kappa shape index (κ1) is 21.2. The normalized spacial score (nSPS) is 14.0. The minimum Gasteiger partial charge on any atom is -0.496 e. The van der Waals surface area contributed by atoms with Crippen LogP contribution < -0.4 is 9.64 Å². The van der Waals surface area contributed by atoms with E-state index in [0.29, 0.717) is 43.4 Å². The number of amides is 1. The molecule has 0 unspecified atom stereocenters. The zero-order valence-corrected chi connectivity index (χ0v) is 17.6. The van der Waals surface area contributed by atoms with Crippen molar-refractivity contribution in [2.24, 2.45) is 0 Å². The number of methoxy groups -OCH3 is 1. The summed E-state index contributed by atoms with van der Waals surface area (Å²) in [6, 6.07) is 18.3. The molecule has 0 N–H and O–H groups in total. The number of anilines is 1. The highest BCUT2D eigenvalue weighted by atomic mass is 16.6. The van der Waals surface area contributed by atoms with E-state index in [1.165, 1.54) is 19.3 Å². The molecule has 1 aromatic heterocycles. The first-order valence-corrected chi connectivity index (χ1v) is 10.2. The molecule has 1 amide bonds. The smallest absolute Gasteiger partial charge is 0.296 e. The molecular weight excluding hydrogens is 410 g/mol. The van der Waals surface area contributed by atoms with Gasteiger partial charge in [0.1, 0.15) is 23.0 Å². The summed E-state index contributed by atoms with van der Waals surface area (Å²) in [6.07, 6.45) is 3.16. The lowest BCUT2D eigenvalue weighted by molar-refractivity contribution is -0.384. The predicted octanol–water partition coefficient (Wildman–Crippen LogP) is 4.23. The van der Waals surface area contributed by atoms with Crippen molar-refractivity contribution in [3.05, 3.63) is 82.6 Å². The number of nitro groups is 1. The Morgan fingerprint density at radius 2 is 1.81 bits per heavy atom. The lowest BCUT2D eigenvalue weighted by atomic mass is 10.2. The molecule has 2 heterocycles. The number of hydrogen-bond donors (Lipinski definition) is 0. The van der Waals surface area contributed by atoms with Crippen LogP contribution in [0.5, 0.6) is 5.75 Å². The summed E-state index contributed by atoms with van der Waals surface area (Å²) in [6.45, 7) is 1.96. The van der Waals surface area contributed by atoms with Gasteiger partial charge in [-0.05, 0) is 30.3 Å². The van der Waals surface area contributed by atoms with Gasteiger partial charge in [-0.15, -0.1) is 0 Å². The van der Waals surface area contributed by atoms with E-state index in [2.05, 4.69) is 0 Å². The van der Waals surface area contributed by atoms with Crippen LogP contribution in [0.4, 0.5) is 11.4 Å². The van der Waals surface area contributed by atoms with E-state index in [1.807, 2.05) is 47.4 Å². The predicted molar refractivity (Wildman–Crippen MR) is 122 cm³/mol. The molecule has 4 rings (SSSR count). The highest BCUT2D eigenvalue weighted by Crippen LogP contribution is 2.32. The number of nitro benzene ring substituents is 1. The van der Waals surface area contributed by atoms with Gasteiger partial charge in [0.05, 0.1) is 18.1 Å². The standard InChI is InChI=1S/C24H23N3O5/c1-31-20-7-10-21(22(17-20)27(29)30)25-13-15-26(16-14-25)24(28)12-9-19-8-11-23(32-19)18-5-3-2-4-6-18/h2-12,17H,13-16H2,1H3/b12-9+. The number of furan rings is 1.